The Hall–Kier alpha value is -4.20. The molecule has 0 aromatic heterocycles. The van der Waals surface area contributed by atoms with E-state index < -0.39 is 0 Å². The van der Waals surface area contributed by atoms with Crippen LogP contribution in [0, 0.1) is 0 Å². The molecule has 27 nitrogen and oxygen atoms in total. The summed E-state index contributed by atoms with van der Waals surface area (Å²) in [6.45, 7) is 26.0. The molecule has 0 heterocycles. The van der Waals surface area contributed by atoms with E-state index in [1.807, 2.05) is 91.0 Å². The third-order valence-electron chi connectivity index (χ3n) is 14.2. The summed E-state index contributed by atoms with van der Waals surface area (Å²) >= 11 is 0. The fourth-order valence-electron chi connectivity index (χ4n) is 8.92. The highest BCUT2D eigenvalue weighted by atomic mass is 16.6. The molecular weight excluding hydrogens is 1370 g/mol. The van der Waals surface area contributed by atoms with Gasteiger partial charge in [-0.1, -0.05) is 109 Å². The standard InChI is InChI=1S/C78H126O27/c1-4-10-73(11-5-1)67-100-58-52-94-46-40-88-34-28-82-22-16-79-19-25-85-31-37-91-43-49-97-55-61-103-70-76-64-77(71-104-62-56-98-50-44-92-38-32-86-26-20-80-17-23-83-29-35-89-41-47-95-53-59-101-68-74-12-6-2-7-13-74)66-78(65-76)72-105-63-57-99-51-45-93-39-33-87-27-21-81-18-24-84-30-36-90-42-48-96-54-60-102-69-75-14-8-3-9-15-75/h1-15,64-66H,16-63,67-72H2. The monoisotopic (exact) mass is 1490 g/mol. The number of benzene rings is 4. The Morgan fingerprint density at radius 3 is 0.314 bits per heavy atom. The Bertz CT molecular complexity index is 2090. The molecule has 0 radical (unpaired) electrons. The molecule has 0 amide bonds. The Morgan fingerprint density at radius 2 is 0.200 bits per heavy atom. The van der Waals surface area contributed by atoms with E-state index in [0.717, 1.165) is 33.4 Å². The van der Waals surface area contributed by atoms with Crippen molar-refractivity contribution in [1.29, 1.82) is 0 Å². The first-order valence-corrected chi connectivity index (χ1v) is 37.2. The fourth-order valence-corrected chi connectivity index (χ4v) is 8.92. The number of hydrogen-bond donors (Lipinski definition) is 0. The second-order valence-corrected chi connectivity index (χ2v) is 22.8. The lowest BCUT2D eigenvalue weighted by atomic mass is 10.1. The van der Waals surface area contributed by atoms with Gasteiger partial charge in [-0.05, 0) is 33.4 Å². The van der Waals surface area contributed by atoms with E-state index in [4.69, 9.17) is 128 Å². The van der Waals surface area contributed by atoms with Crippen LogP contribution in [0.5, 0.6) is 0 Å². The summed E-state index contributed by atoms with van der Waals surface area (Å²) in [6, 6.07) is 36.5. The van der Waals surface area contributed by atoms with Gasteiger partial charge in [-0.3, -0.25) is 0 Å². The molecule has 0 aliphatic heterocycles. The zero-order chi connectivity index (χ0) is 73.5. The van der Waals surface area contributed by atoms with Crippen LogP contribution in [0.2, 0.25) is 0 Å². The minimum Gasteiger partial charge on any atom is -0.377 e. The van der Waals surface area contributed by atoms with Crippen LogP contribution in [0.25, 0.3) is 0 Å². The van der Waals surface area contributed by atoms with Gasteiger partial charge in [0, 0.05) is 0 Å². The van der Waals surface area contributed by atoms with E-state index in [0.29, 0.717) is 357 Å². The summed E-state index contributed by atoms with van der Waals surface area (Å²) < 4.78 is 153. The molecule has 105 heavy (non-hydrogen) atoms. The van der Waals surface area contributed by atoms with Crippen molar-refractivity contribution in [3.05, 3.63) is 143 Å². The molecule has 27 heteroatoms. The van der Waals surface area contributed by atoms with Crippen molar-refractivity contribution in [2.24, 2.45) is 0 Å². The van der Waals surface area contributed by atoms with Crippen LogP contribution in [0.4, 0.5) is 0 Å². The van der Waals surface area contributed by atoms with E-state index in [9.17, 15) is 0 Å². The molecule has 0 aliphatic rings. The SMILES string of the molecule is c1ccc(COCCOCCOCCOCCOCCOCCOCCOCCOCc2cc(COCCOCCOCCOCCOCCOCCOCCOCCOCc3ccccc3)cc(COCCOCCOCCOCCOCCOCCOCCOCCOCc3ccccc3)c2)cc1. The average Bonchev–Trinajstić information content (AvgIpc) is 0.894. The van der Waals surface area contributed by atoms with Crippen molar-refractivity contribution in [2.45, 2.75) is 39.6 Å². The second kappa shape index (κ2) is 76.6. The van der Waals surface area contributed by atoms with Crippen LogP contribution in [0.15, 0.2) is 109 Å². The Morgan fingerprint density at radius 1 is 0.105 bits per heavy atom. The molecule has 0 bridgehead atoms. The predicted octanol–water partition coefficient (Wildman–Crippen LogP) is 7.24. The highest BCUT2D eigenvalue weighted by Gasteiger charge is 2.07. The average molecular weight is 1500 g/mol. The van der Waals surface area contributed by atoms with Gasteiger partial charge in [0.1, 0.15) is 0 Å². The largest absolute Gasteiger partial charge is 0.377 e. The third-order valence-corrected chi connectivity index (χ3v) is 14.2. The smallest absolute Gasteiger partial charge is 0.0718 e. The highest BCUT2D eigenvalue weighted by Crippen LogP contribution is 2.15. The van der Waals surface area contributed by atoms with Gasteiger partial charge in [-0.15, -0.1) is 0 Å². The molecule has 600 valence electrons. The fraction of sp³-hybridized carbons (Fsp3) is 0.692. The maximum absolute atomic E-state index is 6.01. The van der Waals surface area contributed by atoms with Gasteiger partial charge in [-0.25, -0.2) is 0 Å². The predicted molar refractivity (Wildman–Crippen MR) is 391 cm³/mol. The van der Waals surface area contributed by atoms with Gasteiger partial charge in [0.2, 0.25) is 0 Å². The molecule has 0 fully saturated rings. The van der Waals surface area contributed by atoms with E-state index in [-0.39, 0.29) is 0 Å². The summed E-state index contributed by atoms with van der Waals surface area (Å²) in [6.07, 6.45) is 0. The Labute approximate surface area is 624 Å². The van der Waals surface area contributed by atoms with Crippen molar-refractivity contribution >= 4 is 0 Å². The Balaban J connectivity index is 0.924. The quantitative estimate of drug-likeness (QED) is 0.0395. The molecule has 0 spiro atoms. The maximum Gasteiger partial charge on any atom is 0.0718 e. The van der Waals surface area contributed by atoms with Crippen molar-refractivity contribution in [2.75, 3.05) is 317 Å². The van der Waals surface area contributed by atoms with Gasteiger partial charge in [0.25, 0.3) is 0 Å². The molecule has 0 saturated heterocycles. The second-order valence-electron chi connectivity index (χ2n) is 22.8. The van der Waals surface area contributed by atoms with Crippen LogP contribution in [0.3, 0.4) is 0 Å². The van der Waals surface area contributed by atoms with E-state index in [2.05, 4.69) is 18.2 Å². The van der Waals surface area contributed by atoms with Gasteiger partial charge in [0.05, 0.1) is 357 Å². The molecule has 0 unspecified atom stereocenters. The maximum atomic E-state index is 6.01. The normalized spacial score (nSPS) is 11.7. The van der Waals surface area contributed by atoms with Crippen LogP contribution in [-0.4, -0.2) is 317 Å². The first-order chi connectivity index (χ1) is 52.3. The molecule has 0 aliphatic carbocycles. The van der Waals surface area contributed by atoms with Crippen LogP contribution >= 0.6 is 0 Å². The van der Waals surface area contributed by atoms with E-state index >= 15 is 0 Å². The lowest BCUT2D eigenvalue weighted by Gasteiger charge is -2.12. The zero-order valence-corrected chi connectivity index (χ0v) is 62.6. The van der Waals surface area contributed by atoms with Crippen molar-refractivity contribution in [3.8, 4) is 0 Å². The van der Waals surface area contributed by atoms with E-state index in [1.54, 1.807) is 0 Å². The molecule has 0 saturated carbocycles. The van der Waals surface area contributed by atoms with Crippen LogP contribution in [0.1, 0.15) is 33.4 Å². The lowest BCUT2D eigenvalue weighted by molar-refractivity contribution is -0.0258. The molecule has 4 aromatic rings. The molecule has 0 N–H and O–H groups in total. The first kappa shape index (κ1) is 93.2. The van der Waals surface area contributed by atoms with Crippen LogP contribution in [-0.2, 0) is 168 Å². The summed E-state index contributed by atoms with van der Waals surface area (Å²) in [5.41, 5.74) is 6.44. The van der Waals surface area contributed by atoms with Gasteiger partial charge < -0.3 is 128 Å². The summed E-state index contributed by atoms with van der Waals surface area (Å²) in [5.74, 6) is 0. The number of rotatable bonds is 84. The summed E-state index contributed by atoms with van der Waals surface area (Å²) in [5, 5.41) is 0. The molecule has 4 aromatic carbocycles. The van der Waals surface area contributed by atoms with Gasteiger partial charge in [0.15, 0.2) is 0 Å². The van der Waals surface area contributed by atoms with Gasteiger partial charge in [-0.2, -0.15) is 0 Å². The van der Waals surface area contributed by atoms with Crippen molar-refractivity contribution in [1.82, 2.24) is 0 Å². The molecule has 0 atom stereocenters. The summed E-state index contributed by atoms with van der Waals surface area (Å²) in [4.78, 5) is 0. The third kappa shape index (κ3) is 64.3. The minimum absolute atomic E-state index is 0.398. The molecule has 4 rings (SSSR count). The highest BCUT2D eigenvalue weighted by molar-refractivity contribution is 5.29. The van der Waals surface area contributed by atoms with Gasteiger partial charge >= 0.3 is 0 Å². The first-order valence-electron chi connectivity index (χ1n) is 37.2. The minimum atomic E-state index is 0.398. The Kier molecular flexibility index (Phi) is 67.9. The lowest BCUT2D eigenvalue weighted by Crippen LogP contribution is -2.15. The van der Waals surface area contributed by atoms with Crippen molar-refractivity contribution < 1.29 is 128 Å². The van der Waals surface area contributed by atoms with Crippen LogP contribution < -0.4 is 0 Å². The summed E-state index contributed by atoms with van der Waals surface area (Å²) in [7, 11) is 0. The number of hydrogen-bond acceptors (Lipinski definition) is 27. The van der Waals surface area contributed by atoms with Crippen molar-refractivity contribution in [3.63, 3.8) is 0 Å². The number of ether oxygens (including phenoxy) is 27. The van der Waals surface area contributed by atoms with E-state index in [1.165, 1.54) is 0 Å². The zero-order valence-electron chi connectivity index (χ0n) is 62.6. The molecular formula is C78H126O27. The topological polar surface area (TPSA) is 249 Å².